The minimum absolute atomic E-state index is 0.0676. The van der Waals surface area contributed by atoms with Gasteiger partial charge in [0.15, 0.2) is 0 Å². The SMILES string of the molecule is COc1cccc(-c2ccc(OCc3cc(OC(=O)O)oc3C)cc2)c1. The summed E-state index contributed by atoms with van der Waals surface area (Å²) in [7, 11) is 1.64. The molecular formula is C20H18O6. The molecule has 0 saturated heterocycles. The number of carboxylic acid groups (broad SMARTS) is 1. The summed E-state index contributed by atoms with van der Waals surface area (Å²) < 4.78 is 20.7. The normalized spacial score (nSPS) is 10.4. The first-order valence-electron chi connectivity index (χ1n) is 7.92. The predicted molar refractivity (Wildman–Crippen MR) is 94.9 cm³/mol. The summed E-state index contributed by atoms with van der Waals surface area (Å²) in [5.41, 5.74) is 2.82. The van der Waals surface area contributed by atoms with E-state index < -0.39 is 6.16 Å². The topological polar surface area (TPSA) is 78.1 Å². The summed E-state index contributed by atoms with van der Waals surface area (Å²) >= 11 is 0. The van der Waals surface area contributed by atoms with E-state index in [1.54, 1.807) is 14.0 Å². The summed E-state index contributed by atoms with van der Waals surface area (Å²) in [6.07, 6.45) is -1.42. The van der Waals surface area contributed by atoms with E-state index in [1.807, 2.05) is 48.5 Å². The maximum atomic E-state index is 10.5. The van der Waals surface area contributed by atoms with E-state index in [2.05, 4.69) is 4.74 Å². The molecule has 3 rings (SSSR count). The monoisotopic (exact) mass is 354 g/mol. The molecule has 134 valence electrons. The Morgan fingerprint density at radius 3 is 2.50 bits per heavy atom. The number of carbonyl (C=O) groups is 1. The van der Waals surface area contributed by atoms with Crippen molar-refractivity contribution in [3.8, 4) is 28.6 Å². The molecule has 0 bridgehead atoms. The molecule has 0 atom stereocenters. The zero-order valence-corrected chi connectivity index (χ0v) is 14.4. The second-order valence-corrected chi connectivity index (χ2v) is 5.56. The van der Waals surface area contributed by atoms with Gasteiger partial charge in [0.1, 0.15) is 23.9 Å². The van der Waals surface area contributed by atoms with Crippen molar-refractivity contribution in [2.45, 2.75) is 13.5 Å². The zero-order valence-electron chi connectivity index (χ0n) is 14.4. The van der Waals surface area contributed by atoms with Crippen LogP contribution >= 0.6 is 0 Å². The van der Waals surface area contributed by atoms with E-state index in [0.29, 0.717) is 11.5 Å². The molecule has 0 aliphatic rings. The van der Waals surface area contributed by atoms with Crippen LogP contribution in [-0.2, 0) is 6.61 Å². The van der Waals surface area contributed by atoms with Crippen LogP contribution in [0, 0.1) is 6.92 Å². The number of furan rings is 1. The van der Waals surface area contributed by atoms with Gasteiger partial charge >= 0.3 is 6.16 Å². The number of hydrogen-bond donors (Lipinski definition) is 1. The number of ether oxygens (including phenoxy) is 3. The highest BCUT2D eigenvalue weighted by atomic mass is 16.7. The molecule has 0 spiro atoms. The van der Waals surface area contributed by atoms with Crippen LogP contribution in [0.3, 0.4) is 0 Å². The minimum Gasteiger partial charge on any atom is -0.497 e. The second-order valence-electron chi connectivity index (χ2n) is 5.56. The van der Waals surface area contributed by atoms with E-state index in [0.717, 1.165) is 22.4 Å². The predicted octanol–water partition coefficient (Wildman–Crippen LogP) is 4.90. The summed E-state index contributed by atoms with van der Waals surface area (Å²) in [6.45, 7) is 1.97. The number of benzene rings is 2. The zero-order chi connectivity index (χ0) is 18.5. The molecule has 26 heavy (non-hydrogen) atoms. The van der Waals surface area contributed by atoms with E-state index in [9.17, 15) is 4.79 Å². The van der Waals surface area contributed by atoms with Crippen molar-refractivity contribution < 1.29 is 28.5 Å². The van der Waals surface area contributed by atoms with Gasteiger partial charge in [0.2, 0.25) is 0 Å². The Morgan fingerprint density at radius 2 is 1.81 bits per heavy atom. The van der Waals surface area contributed by atoms with Gasteiger partial charge in [-0.1, -0.05) is 24.3 Å². The molecule has 1 N–H and O–H groups in total. The van der Waals surface area contributed by atoms with E-state index in [1.165, 1.54) is 6.07 Å². The largest absolute Gasteiger partial charge is 0.513 e. The molecule has 0 aliphatic carbocycles. The van der Waals surface area contributed by atoms with Crippen LogP contribution in [0.4, 0.5) is 4.79 Å². The molecular weight excluding hydrogens is 336 g/mol. The number of hydrogen-bond acceptors (Lipinski definition) is 5. The van der Waals surface area contributed by atoms with Gasteiger partial charge in [0.05, 0.1) is 7.11 Å². The van der Waals surface area contributed by atoms with Crippen molar-refractivity contribution in [1.82, 2.24) is 0 Å². The van der Waals surface area contributed by atoms with Crippen LogP contribution < -0.4 is 14.2 Å². The quantitative estimate of drug-likeness (QED) is 0.634. The van der Waals surface area contributed by atoms with Crippen LogP contribution in [-0.4, -0.2) is 18.4 Å². The fraction of sp³-hybridized carbons (Fsp3) is 0.150. The third-order valence-electron chi connectivity index (χ3n) is 3.84. The Balaban J connectivity index is 1.66. The highest BCUT2D eigenvalue weighted by Gasteiger charge is 2.12. The van der Waals surface area contributed by atoms with Gasteiger partial charge in [0, 0.05) is 11.6 Å². The molecule has 0 amide bonds. The molecule has 2 aromatic carbocycles. The van der Waals surface area contributed by atoms with Crippen molar-refractivity contribution >= 4 is 6.16 Å². The van der Waals surface area contributed by atoms with Crippen LogP contribution in [0.25, 0.3) is 11.1 Å². The Bertz CT molecular complexity index is 895. The summed E-state index contributed by atoms with van der Waals surface area (Å²) in [6, 6.07) is 17.0. The smallest absolute Gasteiger partial charge is 0.497 e. The first kappa shape index (κ1) is 17.4. The molecule has 1 heterocycles. The van der Waals surface area contributed by atoms with Gasteiger partial charge in [-0.15, -0.1) is 0 Å². The van der Waals surface area contributed by atoms with Gasteiger partial charge in [-0.25, -0.2) is 4.79 Å². The lowest BCUT2D eigenvalue weighted by molar-refractivity contribution is 0.132. The molecule has 0 aliphatic heterocycles. The van der Waals surface area contributed by atoms with E-state index in [4.69, 9.17) is 19.0 Å². The molecule has 0 radical (unpaired) electrons. The fourth-order valence-electron chi connectivity index (χ4n) is 2.48. The van der Waals surface area contributed by atoms with Crippen molar-refractivity contribution in [2.75, 3.05) is 7.11 Å². The highest BCUT2D eigenvalue weighted by molar-refractivity contribution is 5.65. The Morgan fingerprint density at radius 1 is 1.04 bits per heavy atom. The molecule has 0 saturated carbocycles. The van der Waals surface area contributed by atoms with Gasteiger partial charge in [-0.05, 0) is 42.3 Å². The van der Waals surface area contributed by atoms with Crippen molar-refractivity contribution in [1.29, 1.82) is 0 Å². The van der Waals surface area contributed by atoms with Crippen molar-refractivity contribution in [3.05, 3.63) is 65.9 Å². The van der Waals surface area contributed by atoms with Crippen LogP contribution in [0.2, 0.25) is 0 Å². The van der Waals surface area contributed by atoms with Gasteiger partial charge in [0.25, 0.3) is 5.95 Å². The average Bonchev–Trinajstić information content (AvgIpc) is 2.99. The molecule has 0 unspecified atom stereocenters. The van der Waals surface area contributed by atoms with E-state index in [-0.39, 0.29) is 12.6 Å². The third-order valence-corrected chi connectivity index (χ3v) is 3.84. The van der Waals surface area contributed by atoms with Gasteiger partial charge in [-0.3, -0.25) is 0 Å². The lowest BCUT2D eigenvalue weighted by atomic mass is 10.1. The molecule has 6 heteroatoms. The fourth-order valence-corrected chi connectivity index (χ4v) is 2.48. The Kier molecular flexibility index (Phi) is 5.12. The third kappa shape index (κ3) is 4.16. The maximum Gasteiger partial charge on any atom is 0.513 e. The highest BCUT2D eigenvalue weighted by Crippen LogP contribution is 2.27. The minimum atomic E-state index is -1.42. The summed E-state index contributed by atoms with van der Waals surface area (Å²) in [4.78, 5) is 10.5. The lowest BCUT2D eigenvalue weighted by Crippen LogP contribution is -2.01. The standard InChI is InChI=1S/C20H18O6/c1-13-16(11-19(25-13)26-20(21)22)12-24-17-8-6-14(7-9-17)15-4-3-5-18(10-15)23-2/h3-11H,12H2,1-2H3,(H,21,22). The number of methoxy groups -OCH3 is 1. The van der Waals surface area contributed by atoms with Gasteiger partial charge in [-0.2, -0.15) is 0 Å². The Labute approximate surface area is 150 Å². The number of rotatable bonds is 6. The van der Waals surface area contributed by atoms with Crippen molar-refractivity contribution in [3.63, 3.8) is 0 Å². The molecule has 1 aromatic heterocycles. The lowest BCUT2D eigenvalue weighted by Gasteiger charge is -2.08. The van der Waals surface area contributed by atoms with E-state index >= 15 is 0 Å². The second kappa shape index (κ2) is 7.65. The van der Waals surface area contributed by atoms with Crippen LogP contribution in [0.15, 0.2) is 59.0 Å². The first-order valence-corrected chi connectivity index (χ1v) is 7.92. The van der Waals surface area contributed by atoms with Gasteiger partial charge < -0.3 is 23.7 Å². The average molecular weight is 354 g/mol. The summed E-state index contributed by atoms with van der Waals surface area (Å²) in [5, 5.41) is 8.61. The Hall–Kier alpha value is -3.41. The van der Waals surface area contributed by atoms with Crippen molar-refractivity contribution in [2.24, 2.45) is 0 Å². The molecule has 0 fully saturated rings. The molecule has 3 aromatic rings. The first-order chi connectivity index (χ1) is 12.5. The summed E-state index contributed by atoms with van der Waals surface area (Å²) in [5.74, 6) is 1.98. The maximum absolute atomic E-state index is 10.5. The van der Waals surface area contributed by atoms with Crippen LogP contribution in [0.5, 0.6) is 17.4 Å². The number of aryl methyl sites for hydroxylation is 1. The molecule has 6 nitrogen and oxygen atoms in total. The van der Waals surface area contributed by atoms with Crippen LogP contribution in [0.1, 0.15) is 11.3 Å².